The molecule has 1 aromatic rings. The van der Waals surface area contributed by atoms with Gasteiger partial charge in [-0.15, -0.1) is 0 Å². The molecular weight excluding hydrogens is 239 g/mol. The number of benzene rings is 1. The van der Waals surface area contributed by atoms with Crippen molar-refractivity contribution in [2.45, 2.75) is 0 Å². The van der Waals surface area contributed by atoms with Gasteiger partial charge in [0.1, 0.15) is 5.82 Å². The first-order valence-electron chi connectivity index (χ1n) is 5.44. The molecule has 2 amide bonds. The van der Waals surface area contributed by atoms with Crippen molar-refractivity contribution in [2.24, 2.45) is 5.84 Å². The van der Waals surface area contributed by atoms with Crippen LogP contribution in [0.3, 0.4) is 0 Å². The van der Waals surface area contributed by atoms with E-state index in [9.17, 15) is 14.0 Å². The van der Waals surface area contributed by atoms with Crippen molar-refractivity contribution in [1.82, 2.24) is 10.2 Å². The molecule has 1 aromatic carbocycles. The molecule has 0 spiro atoms. The maximum Gasteiger partial charge on any atom is 0.256 e. The molecule has 96 valence electrons. The average molecular weight is 252 g/mol. The fourth-order valence-corrected chi connectivity index (χ4v) is 1.83. The van der Waals surface area contributed by atoms with Crippen molar-refractivity contribution < 1.29 is 14.0 Å². The van der Waals surface area contributed by atoms with Gasteiger partial charge in [0, 0.05) is 13.1 Å². The fourth-order valence-electron chi connectivity index (χ4n) is 1.83. The van der Waals surface area contributed by atoms with Crippen molar-refractivity contribution in [3.05, 3.63) is 29.6 Å². The van der Waals surface area contributed by atoms with Crippen LogP contribution in [0.2, 0.25) is 0 Å². The van der Waals surface area contributed by atoms with Crippen LogP contribution < -0.4 is 16.6 Å². The molecular formula is C11H13FN4O2. The van der Waals surface area contributed by atoms with Gasteiger partial charge in [0.15, 0.2) is 0 Å². The Kier molecular flexibility index (Phi) is 3.42. The summed E-state index contributed by atoms with van der Waals surface area (Å²) in [5.41, 5.74) is 2.23. The van der Waals surface area contributed by atoms with Crippen LogP contribution in [0.1, 0.15) is 10.4 Å². The molecule has 0 saturated carbocycles. The number of hydrazine groups is 1. The maximum absolute atomic E-state index is 13.5. The number of nitrogens with zero attached hydrogens (tertiary/aromatic N) is 1. The summed E-state index contributed by atoms with van der Waals surface area (Å²) in [6.45, 7) is 0.760. The zero-order chi connectivity index (χ0) is 13.1. The topological polar surface area (TPSA) is 87.5 Å². The minimum atomic E-state index is -0.607. The van der Waals surface area contributed by atoms with Crippen molar-refractivity contribution in [1.29, 1.82) is 0 Å². The molecule has 4 N–H and O–H groups in total. The van der Waals surface area contributed by atoms with E-state index in [1.807, 2.05) is 0 Å². The molecule has 1 saturated heterocycles. The van der Waals surface area contributed by atoms with Gasteiger partial charge in [-0.1, -0.05) is 6.07 Å². The van der Waals surface area contributed by atoms with Crippen LogP contribution in [-0.4, -0.2) is 36.3 Å². The van der Waals surface area contributed by atoms with E-state index in [4.69, 9.17) is 5.84 Å². The number of rotatable bonds is 2. The van der Waals surface area contributed by atoms with Gasteiger partial charge in [-0.3, -0.25) is 15.4 Å². The van der Waals surface area contributed by atoms with Gasteiger partial charge in [0.25, 0.3) is 5.91 Å². The van der Waals surface area contributed by atoms with E-state index < -0.39 is 11.7 Å². The number of hydrogen-bond acceptors (Lipinski definition) is 4. The quantitative estimate of drug-likeness (QED) is 0.497. The number of carbonyl (C=O) groups is 2. The molecule has 0 aromatic heterocycles. The van der Waals surface area contributed by atoms with Crippen molar-refractivity contribution in [3.8, 4) is 0 Å². The first-order chi connectivity index (χ1) is 8.63. The number of halogens is 1. The van der Waals surface area contributed by atoms with Crippen LogP contribution in [0.15, 0.2) is 18.2 Å². The van der Waals surface area contributed by atoms with Crippen LogP contribution in [0, 0.1) is 5.82 Å². The van der Waals surface area contributed by atoms with E-state index in [2.05, 4.69) is 10.7 Å². The van der Waals surface area contributed by atoms with E-state index in [1.54, 1.807) is 0 Å². The Bertz CT molecular complexity index is 492. The number of nitrogen functional groups attached to an aromatic ring is 1. The Morgan fingerprint density at radius 2 is 2.28 bits per heavy atom. The predicted molar refractivity (Wildman–Crippen MR) is 63.1 cm³/mol. The normalized spacial score (nSPS) is 15.2. The van der Waals surface area contributed by atoms with Crippen LogP contribution in [0.25, 0.3) is 0 Å². The standard InChI is InChI=1S/C11H13FN4O2/c12-8-3-1-2-7(10(8)15-13)11(18)16-5-4-14-9(17)6-16/h1-3,15H,4-6,13H2,(H,14,17). The molecule has 0 bridgehead atoms. The van der Waals surface area contributed by atoms with Crippen LogP contribution in [0.5, 0.6) is 0 Å². The lowest BCUT2D eigenvalue weighted by Crippen LogP contribution is -2.50. The number of piperazine rings is 1. The molecule has 1 fully saturated rings. The molecule has 18 heavy (non-hydrogen) atoms. The summed E-state index contributed by atoms with van der Waals surface area (Å²) in [5.74, 6) is 3.95. The molecule has 7 heteroatoms. The minimum absolute atomic E-state index is 0.0284. The molecule has 0 unspecified atom stereocenters. The van der Waals surface area contributed by atoms with Gasteiger partial charge in [0.2, 0.25) is 5.91 Å². The second kappa shape index (κ2) is 5.01. The van der Waals surface area contributed by atoms with Gasteiger partial charge in [-0.05, 0) is 12.1 Å². The third kappa shape index (κ3) is 2.25. The van der Waals surface area contributed by atoms with E-state index in [0.29, 0.717) is 13.1 Å². The lowest BCUT2D eigenvalue weighted by atomic mass is 10.1. The van der Waals surface area contributed by atoms with Gasteiger partial charge in [-0.25, -0.2) is 4.39 Å². The molecule has 0 radical (unpaired) electrons. The SMILES string of the molecule is NNc1c(F)cccc1C(=O)N1CCNC(=O)C1. The van der Waals surface area contributed by atoms with Crippen molar-refractivity contribution >= 4 is 17.5 Å². The summed E-state index contributed by atoms with van der Waals surface area (Å²) < 4.78 is 13.5. The highest BCUT2D eigenvalue weighted by atomic mass is 19.1. The number of para-hydroxylation sites is 1. The predicted octanol–water partition coefficient (Wildman–Crippen LogP) is -0.317. The zero-order valence-electron chi connectivity index (χ0n) is 9.57. The first kappa shape index (κ1) is 12.3. The molecule has 6 nitrogen and oxygen atoms in total. The van der Waals surface area contributed by atoms with Gasteiger partial charge >= 0.3 is 0 Å². The number of hydrogen-bond donors (Lipinski definition) is 3. The molecule has 0 atom stereocenters. The number of anilines is 1. The Hall–Kier alpha value is -2.15. The smallest absolute Gasteiger partial charge is 0.256 e. The highest BCUT2D eigenvalue weighted by Gasteiger charge is 2.24. The Balaban J connectivity index is 2.28. The molecule has 1 heterocycles. The third-order valence-corrected chi connectivity index (χ3v) is 2.71. The number of carbonyl (C=O) groups excluding carboxylic acids is 2. The minimum Gasteiger partial charge on any atom is -0.353 e. The summed E-state index contributed by atoms with van der Waals surface area (Å²) in [5, 5.41) is 2.61. The molecule has 2 rings (SSSR count). The fraction of sp³-hybridized carbons (Fsp3) is 0.273. The van der Waals surface area contributed by atoms with Crippen LogP contribution >= 0.6 is 0 Å². The van der Waals surface area contributed by atoms with Gasteiger partial charge < -0.3 is 15.6 Å². The van der Waals surface area contributed by atoms with E-state index in [-0.39, 0.29) is 23.7 Å². The third-order valence-electron chi connectivity index (χ3n) is 2.71. The summed E-state index contributed by atoms with van der Waals surface area (Å²) >= 11 is 0. The summed E-state index contributed by atoms with van der Waals surface area (Å²) in [4.78, 5) is 24.7. The Morgan fingerprint density at radius 1 is 1.50 bits per heavy atom. The first-order valence-corrected chi connectivity index (χ1v) is 5.44. The highest BCUT2D eigenvalue weighted by molar-refractivity contribution is 6.01. The summed E-state index contributed by atoms with van der Waals surface area (Å²) in [6.07, 6.45) is 0. The zero-order valence-corrected chi connectivity index (χ0v) is 9.57. The van der Waals surface area contributed by atoms with E-state index >= 15 is 0 Å². The lowest BCUT2D eigenvalue weighted by molar-refractivity contribution is -0.123. The van der Waals surface area contributed by atoms with Crippen molar-refractivity contribution in [2.75, 3.05) is 25.1 Å². The highest BCUT2D eigenvalue weighted by Crippen LogP contribution is 2.20. The molecule has 0 aliphatic carbocycles. The van der Waals surface area contributed by atoms with Crippen LogP contribution in [-0.2, 0) is 4.79 Å². The Labute approximate surface area is 103 Å². The summed E-state index contributed by atoms with van der Waals surface area (Å²) in [7, 11) is 0. The second-order valence-electron chi connectivity index (χ2n) is 3.88. The maximum atomic E-state index is 13.5. The molecule has 1 aliphatic heterocycles. The van der Waals surface area contributed by atoms with Crippen LogP contribution in [0.4, 0.5) is 10.1 Å². The summed E-state index contributed by atoms with van der Waals surface area (Å²) in [6, 6.07) is 4.09. The average Bonchev–Trinajstić information content (AvgIpc) is 2.37. The molecule has 1 aliphatic rings. The largest absolute Gasteiger partial charge is 0.353 e. The number of amides is 2. The number of nitrogens with one attached hydrogen (secondary N) is 2. The van der Waals surface area contributed by atoms with E-state index in [1.165, 1.54) is 23.1 Å². The second-order valence-corrected chi connectivity index (χ2v) is 3.88. The monoisotopic (exact) mass is 252 g/mol. The Morgan fingerprint density at radius 3 is 2.94 bits per heavy atom. The van der Waals surface area contributed by atoms with Crippen molar-refractivity contribution in [3.63, 3.8) is 0 Å². The van der Waals surface area contributed by atoms with Gasteiger partial charge in [0.05, 0.1) is 17.8 Å². The lowest BCUT2D eigenvalue weighted by Gasteiger charge is -2.27. The van der Waals surface area contributed by atoms with Gasteiger partial charge in [-0.2, -0.15) is 0 Å². The van der Waals surface area contributed by atoms with E-state index in [0.717, 1.165) is 0 Å². The number of nitrogens with two attached hydrogens (primary N) is 1.